The number of anilines is 2. The molecule has 0 radical (unpaired) electrons. The van der Waals surface area contributed by atoms with E-state index in [1.54, 1.807) is 41.5 Å². The minimum absolute atomic E-state index is 0.0577. The van der Waals surface area contributed by atoms with E-state index >= 15 is 0 Å². The van der Waals surface area contributed by atoms with Gasteiger partial charge in [0.05, 0.1) is 17.4 Å². The molecule has 2 amide bonds. The Morgan fingerprint density at radius 1 is 0.833 bits per heavy atom. The molecular weight excluding hydrogens is 380 g/mol. The number of rotatable bonds is 3. The smallest absolute Gasteiger partial charge is 0.266 e. The second kappa shape index (κ2) is 7.00. The van der Waals surface area contributed by atoms with Crippen molar-refractivity contribution in [3.8, 4) is 5.75 Å². The van der Waals surface area contributed by atoms with Gasteiger partial charge in [0.25, 0.3) is 5.91 Å². The van der Waals surface area contributed by atoms with Gasteiger partial charge in [-0.25, -0.2) is 9.96 Å². The molecule has 1 N–H and O–H groups in total. The van der Waals surface area contributed by atoms with Gasteiger partial charge < -0.3 is 5.11 Å². The highest BCUT2D eigenvalue weighted by Gasteiger charge is 2.60. The van der Waals surface area contributed by atoms with Crippen LogP contribution in [-0.2, 0) is 14.4 Å². The molecule has 2 saturated heterocycles. The molecule has 3 atom stereocenters. The van der Waals surface area contributed by atoms with E-state index in [1.807, 2.05) is 49.4 Å². The van der Waals surface area contributed by atoms with Gasteiger partial charge in [-0.2, -0.15) is 0 Å². The lowest BCUT2D eigenvalue weighted by molar-refractivity contribution is -0.126. The molecule has 2 aliphatic rings. The standard InChI is InChI=1S/C24H20N2O4/c1-15-9-5-7-13-18(15)25-23(28)20-21(17-12-6-8-14-19(17)27)26(30-22(20)24(25)29)16-10-3-2-4-11-16/h2-14,20-22,27H,1H3/t20-,21+,22+/m1/s1. The summed E-state index contributed by atoms with van der Waals surface area (Å²) >= 11 is 0. The molecule has 6 heteroatoms. The summed E-state index contributed by atoms with van der Waals surface area (Å²) in [6, 6.07) is 22.8. The number of nitrogens with zero attached hydrogens (tertiary/aromatic N) is 2. The molecule has 0 aromatic heterocycles. The molecule has 2 fully saturated rings. The number of phenolic OH excluding ortho intramolecular Hbond substituents is 1. The predicted molar refractivity (Wildman–Crippen MR) is 112 cm³/mol. The molecular formula is C24H20N2O4. The molecule has 150 valence electrons. The molecule has 0 aliphatic carbocycles. The molecule has 2 aliphatic heterocycles. The van der Waals surface area contributed by atoms with Gasteiger partial charge >= 0.3 is 0 Å². The van der Waals surface area contributed by atoms with Crippen molar-refractivity contribution in [2.45, 2.75) is 19.1 Å². The first-order valence-corrected chi connectivity index (χ1v) is 9.80. The molecule has 3 aromatic carbocycles. The van der Waals surface area contributed by atoms with Gasteiger partial charge in [0.1, 0.15) is 11.7 Å². The van der Waals surface area contributed by atoms with E-state index in [2.05, 4.69) is 0 Å². The van der Waals surface area contributed by atoms with E-state index in [0.717, 1.165) is 5.56 Å². The maximum Gasteiger partial charge on any atom is 0.266 e. The SMILES string of the molecule is Cc1ccccc1N1C(=O)[C@H]2[C@H](ON(c3ccccc3)[C@H]2c2ccccc2O)C1=O. The molecule has 0 bridgehead atoms. The van der Waals surface area contributed by atoms with Gasteiger partial charge in [-0.05, 0) is 36.8 Å². The molecule has 0 unspecified atom stereocenters. The van der Waals surface area contributed by atoms with E-state index in [9.17, 15) is 14.7 Å². The average molecular weight is 400 g/mol. The number of aryl methyl sites for hydroxylation is 1. The van der Waals surface area contributed by atoms with Crippen molar-refractivity contribution in [1.82, 2.24) is 0 Å². The van der Waals surface area contributed by atoms with Crippen molar-refractivity contribution in [1.29, 1.82) is 0 Å². The molecule has 30 heavy (non-hydrogen) atoms. The lowest BCUT2D eigenvalue weighted by Crippen LogP contribution is -2.37. The summed E-state index contributed by atoms with van der Waals surface area (Å²) < 4.78 is 0. The number of carbonyl (C=O) groups is 2. The second-order valence-corrected chi connectivity index (χ2v) is 7.52. The average Bonchev–Trinajstić information content (AvgIpc) is 3.26. The van der Waals surface area contributed by atoms with Gasteiger partial charge in [0.15, 0.2) is 6.10 Å². The van der Waals surface area contributed by atoms with Crippen LogP contribution in [0.1, 0.15) is 17.2 Å². The summed E-state index contributed by atoms with van der Waals surface area (Å²) in [5.74, 6) is -1.43. The second-order valence-electron chi connectivity index (χ2n) is 7.52. The lowest BCUT2D eigenvalue weighted by atomic mass is 9.90. The summed E-state index contributed by atoms with van der Waals surface area (Å²) in [6.45, 7) is 1.86. The van der Waals surface area contributed by atoms with Crippen molar-refractivity contribution in [3.05, 3.63) is 90.0 Å². The third kappa shape index (κ3) is 2.69. The van der Waals surface area contributed by atoms with Crippen LogP contribution in [0.5, 0.6) is 5.75 Å². The minimum Gasteiger partial charge on any atom is -0.508 e. The van der Waals surface area contributed by atoms with Crippen LogP contribution in [0.25, 0.3) is 0 Å². The summed E-state index contributed by atoms with van der Waals surface area (Å²) in [5.41, 5.74) is 2.65. The van der Waals surface area contributed by atoms with E-state index in [-0.39, 0.29) is 11.7 Å². The van der Waals surface area contributed by atoms with Gasteiger partial charge in [-0.1, -0.05) is 54.6 Å². The van der Waals surface area contributed by atoms with Crippen molar-refractivity contribution >= 4 is 23.2 Å². The number of imide groups is 1. The van der Waals surface area contributed by atoms with Crippen LogP contribution < -0.4 is 9.96 Å². The maximum absolute atomic E-state index is 13.5. The Morgan fingerprint density at radius 2 is 1.50 bits per heavy atom. The minimum atomic E-state index is -0.957. The zero-order valence-electron chi connectivity index (χ0n) is 16.3. The van der Waals surface area contributed by atoms with Gasteiger partial charge in [0.2, 0.25) is 5.91 Å². The number of amides is 2. The van der Waals surface area contributed by atoms with Crippen LogP contribution >= 0.6 is 0 Å². The molecule has 5 rings (SSSR count). The Kier molecular flexibility index (Phi) is 4.29. The molecule has 0 spiro atoms. The van der Waals surface area contributed by atoms with Crippen molar-refractivity contribution in [2.75, 3.05) is 9.96 Å². The largest absolute Gasteiger partial charge is 0.508 e. The topological polar surface area (TPSA) is 70.1 Å². The third-order valence-electron chi connectivity index (χ3n) is 5.74. The Bertz CT molecular complexity index is 1130. The fourth-order valence-electron chi connectivity index (χ4n) is 4.32. The quantitative estimate of drug-likeness (QED) is 0.678. The molecule has 3 aromatic rings. The number of hydrogen-bond donors (Lipinski definition) is 1. The number of aromatic hydroxyl groups is 1. The van der Waals surface area contributed by atoms with Crippen LogP contribution in [0.2, 0.25) is 0 Å². The van der Waals surface area contributed by atoms with Crippen LogP contribution in [-0.4, -0.2) is 23.0 Å². The van der Waals surface area contributed by atoms with Crippen LogP contribution in [0.15, 0.2) is 78.9 Å². The highest BCUT2D eigenvalue weighted by molar-refractivity contribution is 6.24. The summed E-state index contributed by atoms with van der Waals surface area (Å²) in [7, 11) is 0. The fourth-order valence-corrected chi connectivity index (χ4v) is 4.32. The molecule has 6 nitrogen and oxygen atoms in total. The van der Waals surface area contributed by atoms with E-state index in [1.165, 1.54) is 4.90 Å². The van der Waals surface area contributed by atoms with E-state index in [0.29, 0.717) is 16.9 Å². The number of hydroxylamine groups is 1. The van der Waals surface area contributed by atoms with Crippen LogP contribution in [0.3, 0.4) is 0 Å². The van der Waals surface area contributed by atoms with Crippen molar-refractivity contribution in [2.24, 2.45) is 5.92 Å². The van der Waals surface area contributed by atoms with Gasteiger partial charge in [-0.15, -0.1) is 0 Å². The highest BCUT2D eigenvalue weighted by Crippen LogP contribution is 2.49. The molecule has 2 heterocycles. The normalized spacial score (nSPS) is 23.2. The first kappa shape index (κ1) is 18.4. The number of phenols is 1. The Balaban J connectivity index is 1.62. The highest BCUT2D eigenvalue weighted by atomic mass is 16.7. The number of carbonyl (C=O) groups excluding carboxylic acids is 2. The summed E-state index contributed by atoms with van der Waals surface area (Å²) in [4.78, 5) is 34.1. The lowest BCUT2D eigenvalue weighted by Gasteiger charge is -2.29. The predicted octanol–water partition coefficient (Wildman–Crippen LogP) is 3.75. The third-order valence-corrected chi connectivity index (χ3v) is 5.74. The Hall–Kier alpha value is -3.64. The summed E-state index contributed by atoms with van der Waals surface area (Å²) in [5, 5.41) is 12.1. The number of hydrogen-bond acceptors (Lipinski definition) is 5. The van der Waals surface area contributed by atoms with Gasteiger partial charge in [-0.3, -0.25) is 14.4 Å². The zero-order valence-corrected chi connectivity index (χ0v) is 16.3. The van der Waals surface area contributed by atoms with Crippen LogP contribution in [0, 0.1) is 12.8 Å². The maximum atomic E-state index is 13.5. The fraction of sp³-hybridized carbons (Fsp3) is 0.167. The van der Waals surface area contributed by atoms with E-state index < -0.39 is 24.0 Å². The zero-order chi connectivity index (χ0) is 20.8. The molecule has 0 saturated carbocycles. The number of para-hydroxylation sites is 3. The number of benzene rings is 3. The first-order chi connectivity index (χ1) is 14.6. The Morgan fingerprint density at radius 3 is 2.23 bits per heavy atom. The van der Waals surface area contributed by atoms with Crippen molar-refractivity contribution in [3.63, 3.8) is 0 Å². The van der Waals surface area contributed by atoms with Crippen molar-refractivity contribution < 1.29 is 19.5 Å². The summed E-state index contributed by atoms with van der Waals surface area (Å²) in [6.07, 6.45) is -0.957. The van der Waals surface area contributed by atoms with Crippen LogP contribution in [0.4, 0.5) is 11.4 Å². The Labute approximate surface area is 173 Å². The first-order valence-electron chi connectivity index (χ1n) is 9.80. The number of fused-ring (bicyclic) bond motifs is 1. The van der Waals surface area contributed by atoms with Gasteiger partial charge in [0, 0.05) is 5.56 Å². The van der Waals surface area contributed by atoms with E-state index in [4.69, 9.17) is 4.84 Å². The monoisotopic (exact) mass is 400 g/mol.